The smallest absolute Gasteiger partial charge is 0.264 e. The van der Waals surface area contributed by atoms with Gasteiger partial charge in [-0.1, -0.05) is 43.3 Å². The minimum Gasteiger partial charge on any atom is -0.492 e. The molecule has 0 aliphatic carbocycles. The summed E-state index contributed by atoms with van der Waals surface area (Å²) in [7, 11) is -4.19. The van der Waals surface area contributed by atoms with Crippen LogP contribution in [0.25, 0.3) is 0 Å². The number of ether oxygens (including phenoxy) is 1. The molecular weight excluding hydrogens is 558 g/mol. The van der Waals surface area contributed by atoms with E-state index in [1.165, 1.54) is 28.8 Å². The van der Waals surface area contributed by atoms with Crippen LogP contribution in [0.5, 0.6) is 5.75 Å². The third-order valence-electron chi connectivity index (χ3n) is 6.68. The van der Waals surface area contributed by atoms with Crippen molar-refractivity contribution in [2.24, 2.45) is 0 Å². The molecule has 2 amide bonds. The Morgan fingerprint density at radius 1 is 0.976 bits per heavy atom. The molecule has 0 aliphatic rings. The van der Waals surface area contributed by atoms with E-state index in [-0.39, 0.29) is 23.0 Å². The zero-order valence-electron chi connectivity index (χ0n) is 24.3. The normalized spacial score (nSPS) is 11.9. The molecular formula is C31H39N3O5S2. The Morgan fingerprint density at radius 3 is 2.27 bits per heavy atom. The van der Waals surface area contributed by atoms with Crippen molar-refractivity contribution in [2.45, 2.75) is 56.5 Å². The number of para-hydroxylation sites is 2. The Hall–Kier alpha value is -3.50. The van der Waals surface area contributed by atoms with E-state index in [0.717, 1.165) is 26.7 Å². The second kappa shape index (κ2) is 14.9. The number of hydrogen-bond donors (Lipinski definition) is 1. The van der Waals surface area contributed by atoms with E-state index >= 15 is 0 Å². The average Bonchev–Trinajstić information content (AvgIpc) is 2.98. The van der Waals surface area contributed by atoms with Crippen molar-refractivity contribution < 1.29 is 22.7 Å². The van der Waals surface area contributed by atoms with E-state index < -0.39 is 28.5 Å². The monoisotopic (exact) mass is 597 g/mol. The number of amides is 2. The van der Waals surface area contributed by atoms with Crippen LogP contribution in [0.15, 0.2) is 82.6 Å². The largest absolute Gasteiger partial charge is 0.492 e. The first-order valence-electron chi connectivity index (χ1n) is 13.6. The van der Waals surface area contributed by atoms with Gasteiger partial charge < -0.3 is 15.0 Å². The molecule has 1 unspecified atom stereocenters. The third-order valence-corrected chi connectivity index (χ3v) is 9.20. The van der Waals surface area contributed by atoms with Crippen LogP contribution in [0, 0.1) is 6.92 Å². The summed E-state index contributed by atoms with van der Waals surface area (Å²) < 4.78 is 35.1. The summed E-state index contributed by atoms with van der Waals surface area (Å²) in [5, 5.41) is 2.86. The van der Waals surface area contributed by atoms with Crippen molar-refractivity contribution in [1.29, 1.82) is 0 Å². The fourth-order valence-corrected chi connectivity index (χ4v) is 6.11. The van der Waals surface area contributed by atoms with E-state index in [1.54, 1.807) is 43.3 Å². The van der Waals surface area contributed by atoms with Gasteiger partial charge in [0.1, 0.15) is 18.3 Å². The molecule has 0 saturated carbocycles. The highest BCUT2D eigenvalue weighted by Gasteiger charge is 2.34. The highest BCUT2D eigenvalue weighted by molar-refractivity contribution is 7.98. The van der Waals surface area contributed by atoms with Crippen molar-refractivity contribution in [3.8, 4) is 5.75 Å². The van der Waals surface area contributed by atoms with Gasteiger partial charge in [0.15, 0.2) is 0 Å². The number of aryl methyl sites for hydroxylation is 1. The van der Waals surface area contributed by atoms with Crippen LogP contribution in [0.2, 0.25) is 0 Å². The Bertz CT molecular complexity index is 1430. The first-order valence-corrected chi connectivity index (χ1v) is 16.3. The number of rotatable bonds is 14. The van der Waals surface area contributed by atoms with Crippen molar-refractivity contribution in [2.75, 3.05) is 30.3 Å². The maximum atomic E-state index is 14.1. The average molecular weight is 598 g/mol. The number of nitrogens with zero attached hydrogens (tertiary/aromatic N) is 2. The fourth-order valence-electron chi connectivity index (χ4n) is 4.28. The molecule has 0 aliphatic heterocycles. The molecule has 8 nitrogen and oxygen atoms in total. The summed E-state index contributed by atoms with van der Waals surface area (Å²) in [6, 6.07) is 20.1. The molecule has 0 saturated heterocycles. The maximum absolute atomic E-state index is 14.1. The van der Waals surface area contributed by atoms with E-state index in [9.17, 15) is 18.0 Å². The van der Waals surface area contributed by atoms with E-state index in [1.807, 2.05) is 51.3 Å². The lowest BCUT2D eigenvalue weighted by Gasteiger charge is -2.32. The van der Waals surface area contributed by atoms with Crippen LogP contribution >= 0.6 is 11.8 Å². The molecule has 0 bridgehead atoms. The quantitative estimate of drug-likeness (QED) is 0.255. The molecule has 0 heterocycles. The van der Waals surface area contributed by atoms with Gasteiger partial charge >= 0.3 is 0 Å². The molecule has 1 N–H and O–H groups in total. The standard InChI is InChI=1S/C31H39N3O5S2/c1-6-20-32-31(36)24(4)33(21-25-13-9-8-12-23(25)3)30(35)22-34(28-14-10-11-15-29(28)39-7-2)41(37,38)27-18-16-26(40-5)17-19-27/h8-19,24H,6-7,20-22H2,1-5H3,(H,32,36). The molecule has 10 heteroatoms. The fraction of sp³-hybridized carbons (Fsp3) is 0.355. The predicted molar refractivity (Wildman–Crippen MR) is 165 cm³/mol. The van der Waals surface area contributed by atoms with Gasteiger partial charge in [0.2, 0.25) is 11.8 Å². The molecule has 0 spiro atoms. The van der Waals surface area contributed by atoms with E-state index in [2.05, 4.69) is 5.32 Å². The molecule has 1 atom stereocenters. The van der Waals surface area contributed by atoms with E-state index in [4.69, 9.17) is 4.74 Å². The summed E-state index contributed by atoms with van der Waals surface area (Å²) in [4.78, 5) is 29.5. The molecule has 220 valence electrons. The summed E-state index contributed by atoms with van der Waals surface area (Å²) >= 11 is 1.50. The van der Waals surface area contributed by atoms with E-state index in [0.29, 0.717) is 18.9 Å². The Kier molecular flexibility index (Phi) is 11.7. The molecule has 0 fully saturated rings. The zero-order valence-corrected chi connectivity index (χ0v) is 25.9. The third kappa shape index (κ3) is 8.04. The maximum Gasteiger partial charge on any atom is 0.264 e. The number of carbonyl (C=O) groups is 2. The summed E-state index contributed by atoms with van der Waals surface area (Å²) in [5.74, 6) is -0.472. The van der Waals surface area contributed by atoms with Gasteiger partial charge in [0, 0.05) is 18.0 Å². The zero-order chi connectivity index (χ0) is 30.0. The summed E-state index contributed by atoms with van der Waals surface area (Å²) in [6.45, 7) is 7.78. The van der Waals surface area contributed by atoms with Gasteiger partial charge in [-0.2, -0.15) is 0 Å². The first-order chi connectivity index (χ1) is 19.6. The summed E-state index contributed by atoms with van der Waals surface area (Å²) in [5.41, 5.74) is 2.08. The molecule has 3 aromatic carbocycles. The minimum absolute atomic E-state index is 0.0496. The van der Waals surface area contributed by atoms with Crippen molar-refractivity contribution in [3.05, 3.63) is 83.9 Å². The molecule has 3 aromatic rings. The number of nitrogens with one attached hydrogen (secondary N) is 1. The van der Waals surface area contributed by atoms with Crippen LogP contribution in [0.3, 0.4) is 0 Å². The molecule has 0 radical (unpaired) electrons. The predicted octanol–water partition coefficient (Wildman–Crippen LogP) is 5.25. The van der Waals surface area contributed by atoms with Crippen molar-refractivity contribution >= 4 is 39.3 Å². The van der Waals surface area contributed by atoms with Gasteiger partial charge in [-0.3, -0.25) is 13.9 Å². The van der Waals surface area contributed by atoms with Gasteiger partial charge in [-0.05, 0) is 81.0 Å². The number of thioether (sulfide) groups is 1. The van der Waals surface area contributed by atoms with Crippen LogP contribution < -0.4 is 14.4 Å². The van der Waals surface area contributed by atoms with Gasteiger partial charge in [0.05, 0.1) is 17.2 Å². The number of carbonyl (C=O) groups excluding carboxylic acids is 2. The second-order valence-electron chi connectivity index (χ2n) is 9.50. The second-order valence-corrected chi connectivity index (χ2v) is 12.2. The minimum atomic E-state index is -4.19. The van der Waals surface area contributed by atoms with Gasteiger partial charge in [-0.25, -0.2) is 8.42 Å². The number of benzene rings is 3. The Balaban J connectivity index is 2.08. The first kappa shape index (κ1) is 32.0. The SMILES string of the molecule is CCCNC(=O)C(C)N(Cc1ccccc1C)C(=O)CN(c1ccccc1OCC)S(=O)(=O)c1ccc(SC)cc1. The molecule has 3 rings (SSSR count). The highest BCUT2D eigenvalue weighted by Crippen LogP contribution is 2.33. The lowest BCUT2D eigenvalue weighted by molar-refractivity contribution is -0.139. The topological polar surface area (TPSA) is 96.0 Å². The highest BCUT2D eigenvalue weighted by atomic mass is 32.2. The van der Waals surface area contributed by atoms with Gasteiger partial charge in [-0.15, -0.1) is 11.8 Å². The van der Waals surface area contributed by atoms with Crippen LogP contribution in [0.4, 0.5) is 5.69 Å². The lowest BCUT2D eigenvalue weighted by Crippen LogP contribution is -2.51. The number of sulfonamides is 1. The molecule has 41 heavy (non-hydrogen) atoms. The van der Waals surface area contributed by atoms with Crippen LogP contribution in [-0.2, 0) is 26.2 Å². The lowest BCUT2D eigenvalue weighted by atomic mass is 10.1. The molecule has 0 aromatic heterocycles. The number of hydrogen-bond acceptors (Lipinski definition) is 6. The summed E-state index contributed by atoms with van der Waals surface area (Å²) in [6.07, 6.45) is 2.66. The Labute approximate surface area is 248 Å². The van der Waals surface area contributed by atoms with Crippen LogP contribution in [0.1, 0.15) is 38.3 Å². The van der Waals surface area contributed by atoms with Gasteiger partial charge in [0.25, 0.3) is 10.0 Å². The Morgan fingerprint density at radius 2 is 1.63 bits per heavy atom. The number of anilines is 1. The van der Waals surface area contributed by atoms with Crippen LogP contribution in [-0.4, -0.2) is 57.1 Å². The van der Waals surface area contributed by atoms with Crippen molar-refractivity contribution in [3.63, 3.8) is 0 Å². The van der Waals surface area contributed by atoms with Crippen molar-refractivity contribution in [1.82, 2.24) is 10.2 Å².